The van der Waals surface area contributed by atoms with Crippen molar-refractivity contribution in [1.82, 2.24) is 15.1 Å². The Labute approximate surface area is 160 Å². The maximum Gasteiger partial charge on any atom is 0.319 e. The van der Waals surface area contributed by atoms with Crippen LogP contribution in [0, 0.1) is 0 Å². The molecule has 0 spiro atoms. The molecule has 9 heteroatoms. The van der Waals surface area contributed by atoms with Crippen LogP contribution in [0.1, 0.15) is 19.3 Å². The summed E-state index contributed by atoms with van der Waals surface area (Å²) in [6.45, 7) is 0.995. The fourth-order valence-electron chi connectivity index (χ4n) is 4.02. The normalized spacial score (nSPS) is 27.4. The summed E-state index contributed by atoms with van der Waals surface area (Å²) < 4.78 is 0. The fourth-order valence-corrected chi connectivity index (χ4v) is 4.48. The van der Waals surface area contributed by atoms with Gasteiger partial charge in [0.2, 0.25) is 11.8 Å². The van der Waals surface area contributed by atoms with Crippen molar-refractivity contribution in [3.05, 3.63) is 28.2 Å². The predicted molar refractivity (Wildman–Crippen MR) is 97.3 cm³/mol. The zero-order valence-corrected chi connectivity index (χ0v) is 15.4. The van der Waals surface area contributed by atoms with Crippen LogP contribution in [0.15, 0.2) is 18.2 Å². The summed E-state index contributed by atoms with van der Waals surface area (Å²) in [7, 11) is 0. The van der Waals surface area contributed by atoms with E-state index >= 15 is 0 Å². The zero-order chi connectivity index (χ0) is 18.4. The molecule has 4 rings (SSSR count). The van der Waals surface area contributed by atoms with E-state index in [9.17, 15) is 14.4 Å². The molecule has 0 saturated carbocycles. The number of carbonyl (C=O) groups is 3. The zero-order valence-electron chi connectivity index (χ0n) is 13.9. The van der Waals surface area contributed by atoms with Gasteiger partial charge in [-0.25, -0.2) is 4.79 Å². The fraction of sp³-hybridized carbons (Fsp3) is 0.471. The van der Waals surface area contributed by atoms with Crippen molar-refractivity contribution >= 4 is 46.7 Å². The third-order valence-corrected chi connectivity index (χ3v) is 5.75. The quantitative estimate of drug-likeness (QED) is 0.802. The Kier molecular flexibility index (Phi) is 4.44. The molecule has 0 aliphatic carbocycles. The van der Waals surface area contributed by atoms with Crippen LogP contribution in [0.3, 0.4) is 0 Å². The first-order valence-electron chi connectivity index (χ1n) is 8.57. The Hall–Kier alpha value is -1.99. The van der Waals surface area contributed by atoms with Gasteiger partial charge in [0, 0.05) is 18.1 Å². The van der Waals surface area contributed by atoms with E-state index in [1.54, 1.807) is 28.0 Å². The highest BCUT2D eigenvalue weighted by Crippen LogP contribution is 2.32. The number of hydrogen-bond donors (Lipinski definition) is 2. The maximum absolute atomic E-state index is 12.6. The minimum Gasteiger partial charge on any atom is -0.333 e. The molecule has 1 aromatic rings. The second-order valence-corrected chi connectivity index (χ2v) is 7.69. The molecule has 3 saturated heterocycles. The molecule has 0 unspecified atom stereocenters. The Morgan fingerprint density at radius 1 is 1.12 bits per heavy atom. The Morgan fingerprint density at radius 3 is 2.65 bits per heavy atom. The highest BCUT2D eigenvalue weighted by molar-refractivity contribution is 6.36. The average Bonchev–Trinajstić information content (AvgIpc) is 3.23. The molecule has 0 bridgehead atoms. The van der Waals surface area contributed by atoms with Gasteiger partial charge in [0.25, 0.3) is 0 Å². The van der Waals surface area contributed by atoms with Crippen LogP contribution in [-0.2, 0) is 9.59 Å². The number of fused-ring (bicyclic) bond motifs is 2. The SMILES string of the molecule is O=C(Nc1ccc(Cl)cc1Cl)N[C@H]1C[C@H]2C(=O)N3CCC[C@@H]3C(=O)N2C1. The van der Waals surface area contributed by atoms with Crippen LogP contribution in [-0.4, -0.2) is 58.9 Å². The van der Waals surface area contributed by atoms with E-state index in [1.807, 2.05) is 0 Å². The molecular weight excluding hydrogens is 379 g/mol. The van der Waals surface area contributed by atoms with Crippen LogP contribution in [0.4, 0.5) is 10.5 Å². The summed E-state index contributed by atoms with van der Waals surface area (Å²) in [6, 6.07) is 3.28. The van der Waals surface area contributed by atoms with E-state index < -0.39 is 12.1 Å². The lowest BCUT2D eigenvalue weighted by Crippen LogP contribution is -2.60. The van der Waals surface area contributed by atoms with Crippen molar-refractivity contribution in [2.24, 2.45) is 0 Å². The van der Waals surface area contributed by atoms with E-state index in [0.717, 1.165) is 12.8 Å². The number of carbonyl (C=O) groups excluding carboxylic acids is 3. The number of hydrogen-bond acceptors (Lipinski definition) is 3. The van der Waals surface area contributed by atoms with Gasteiger partial charge < -0.3 is 20.4 Å². The van der Waals surface area contributed by atoms with E-state index in [4.69, 9.17) is 23.2 Å². The predicted octanol–water partition coefficient (Wildman–Crippen LogP) is 2.09. The molecule has 26 heavy (non-hydrogen) atoms. The molecular formula is C17H18Cl2N4O3. The Balaban J connectivity index is 1.40. The number of benzene rings is 1. The Morgan fingerprint density at radius 2 is 1.88 bits per heavy atom. The van der Waals surface area contributed by atoms with Gasteiger partial charge in [-0.15, -0.1) is 0 Å². The van der Waals surface area contributed by atoms with Crippen molar-refractivity contribution < 1.29 is 14.4 Å². The highest BCUT2D eigenvalue weighted by atomic mass is 35.5. The summed E-state index contributed by atoms with van der Waals surface area (Å²) >= 11 is 11.9. The number of rotatable bonds is 2. The molecule has 0 aromatic heterocycles. The van der Waals surface area contributed by atoms with Crippen molar-refractivity contribution in [1.29, 1.82) is 0 Å². The van der Waals surface area contributed by atoms with Gasteiger partial charge in [-0.3, -0.25) is 9.59 Å². The first-order chi connectivity index (χ1) is 12.4. The van der Waals surface area contributed by atoms with Gasteiger partial charge in [-0.2, -0.15) is 0 Å². The molecule has 138 valence electrons. The van der Waals surface area contributed by atoms with Crippen molar-refractivity contribution in [3.63, 3.8) is 0 Å². The summed E-state index contributed by atoms with van der Waals surface area (Å²) in [5.74, 6) is -0.00453. The van der Waals surface area contributed by atoms with Crippen LogP contribution >= 0.6 is 23.2 Å². The molecule has 3 fully saturated rings. The van der Waals surface area contributed by atoms with Crippen LogP contribution < -0.4 is 10.6 Å². The van der Waals surface area contributed by atoms with Crippen molar-refractivity contribution in [2.45, 2.75) is 37.4 Å². The molecule has 3 aliphatic rings. The number of anilines is 1. The second kappa shape index (κ2) is 6.63. The van der Waals surface area contributed by atoms with Gasteiger partial charge in [-0.05, 0) is 37.5 Å². The lowest BCUT2D eigenvalue weighted by Gasteiger charge is -2.38. The topological polar surface area (TPSA) is 81.8 Å². The number of piperazine rings is 1. The van der Waals surface area contributed by atoms with Gasteiger partial charge in [-0.1, -0.05) is 23.2 Å². The first kappa shape index (κ1) is 17.4. The standard InChI is InChI=1S/C17H18Cl2N4O3/c18-9-3-4-12(11(19)6-9)21-17(26)20-10-7-14-16(25)22-5-1-2-13(22)15(24)23(14)8-10/h3-4,6,10,13-14H,1-2,5,7-8H2,(H2,20,21,26)/t10-,13+,14-/m0/s1. The van der Waals surface area contributed by atoms with E-state index in [1.165, 1.54) is 0 Å². The van der Waals surface area contributed by atoms with Gasteiger partial charge in [0.05, 0.1) is 16.8 Å². The molecule has 7 nitrogen and oxygen atoms in total. The third-order valence-electron chi connectivity index (χ3n) is 5.20. The minimum atomic E-state index is -0.471. The van der Waals surface area contributed by atoms with Crippen LogP contribution in [0.5, 0.6) is 0 Å². The number of nitrogens with one attached hydrogen (secondary N) is 2. The largest absolute Gasteiger partial charge is 0.333 e. The van der Waals surface area contributed by atoms with Crippen molar-refractivity contribution in [3.8, 4) is 0 Å². The summed E-state index contributed by atoms with van der Waals surface area (Å²) in [5, 5.41) is 6.31. The smallest absolute Gasteiger partial charge is 0.319 e. The summed E-state index contributed by atoms with van der Waals surface area (Å²) in [6.07, 6.45) is 2.02. The minimum absolute atomic E-state index is 0.00226. The molecule has 2 N–H and O–H groups in total. The monoisotopic (exact) mass is 396 g/mol. The number of halogens is 2. The van der Waals surface area contributed by atoms with Crippen molar-refractivity contribution in [2.75, 3.05) is 18.4 Å². The summed E-state index contributed by atoms with van der Waals surface area (Å²) in [5.41, 5.74) is 0.442. The lowest BCUT2D eigenvalue weighted by atomic mass is 10.1. The molecule has 4 amide bonds. The van der Waals surface area contributed by atoms with E-state index in [-0.39, 0.29) is 23.9 Å². The maximum atomic E-state index is 12.6. The average molecular weight is 397 g/mol. The second-order valence-electron chi connectivity index (χ2n) is 6.85. The molecule has 0 radical (unpaired) electrons. The number of amides is 4. The number of nitrogens with zero attached hydrogens (tertiary/aromatic N) is 2. The molecule has 3 atom stereocenters. The first-order valence-corrected chi connectivity index (χ1v) is 9.33. The van der Waals surface area contributed by atoms with Gasteiger partial charge in [0.15, 0.2) is 0 Å². The van der Waals surface area contributed by atoms with Gasteiger partial charge in [0.1, 0.15) is 12.1 Å². The third kappa shape index (κ3) is 2.99. The van der Waals surface area contributed by atoms with E-state index in [2.05, 4.69) is 10.6 Å². The van der Waals surface area contributed by atoms with Gasteiger partial charge >= 0.3 is 6.03 Å². The molecule has 3 aliphatic heterocycles. The van der Waals surface area contributed by atoms with Crippen LogP contribution in [0.2, 0.25) is 10.0 Å². The highest BCUT2D eigenvalue weighted by Gasteiger charge is 2.51. The lowest BCUT2D eigenvalue weighted by molar-refractivity contribution is -0.156. The van der Waals surface area contributed by atoms with E-state index in [0.29, 0.717) is 35.2 Å². The van der Waals surface area contributed by atoms with Crippen LogP contribution in [0.25, 0.3) is 0 Å². The summed E-state index contributed by atoms with van der Waals surface area (Å²) in [4.78, 5) is 40.8. The Bertz CT molecular complexity index is 757. The molecule has 3 heterocycles. The number of urea groups is 1. The molecule has 1 aromatic carbocycles.